The van der Waals surface area contributed by atoms with Crippen molar-refractivity contribution in [1.29, 1.82) is 0 Å². The lowest BCUT2D eigenvalue weighted by atomic mass is 9.95. The molecule has 0 aliphatic carbocycles. The number of benzene rings is 3. The average Bonchev–Trinajstić information content (AvgIpc) is 3.00. The van der Waals surface area contributed by atoms with E-state index in [0.29, 0.717) is 51.4 Å². The van der Waals surface area contributed by atoms with Gasteiger partial charge in [-0.3, -0.25) is 4.79 Å². The van der Waals surface area contributed by atoms with Gasteiger partial charge in [0.2, 0.25) is 0 Å². The summed E-state index contributed by atoms with van der Waals surface area (Å²) in [6.07, 6.45) is 1.51. The van der Waals surface area contributed by atoms with Crippen molar-refractivity contribution in [3.8, 4) is 17.2 Å². The quantitative estimate of drug-likeness (QED) is 0.0728. The van der Waals surface area contributed by atoms with E-state index < -0.39 is 17.9 Å². The predicted octanol–water partition coefficient (Wildman–Crippen LogP) is 5.37. The van der Waals surface area contributed by atoms with Crippen LogP contribution in [0.3, 0.4) is 0 Å². The van der Waals surface area contributed by atoms with Crippen LogP contribution in [-0.4, -0.2) is 43.5 Å². The number of hydrogen-bond acceptors (Lipinski definition) is 8. The van der Waals surface area contributed by atoms with Gasteiger partial charge in [0.05, 0.1) is 35.1 Å². The van der Waals surface area contributed by atoms with Crippen LogP contribution in [0.4, 0.5) is 0 Å². The number of rotatable bonds is 12. The first kappa shape index (κ1) is 33.5. The van der Waals surface area contributed by atoms with Crippen molar-refractivity contribution in [3.05, 3.63) is 95.8 Å². The van der Waals surface area contributed by atoms with Crippen LogP contribution in [0.2, 0.25) is 0 Å². The van der Waals surface area contributed by atoms with Crippen LogP contribution >= 0.6 is 57.4 Å². The lowest BCUT2D eigenvalue weighted by molar-refractivity contribution is -0.139. The molecule has 0 bridgehead atoms. The van der Waals surface area contributed by atoms with Crippen LogP contribution in [0.25, 0.3) is 0 Å². The smallest absolute Gasteiger partial charge is 0.338 e. The number of hydrazone groups is 1. The average molecular weight is 840 g/mol. The van der Waals surface area contributed by atoms with Crippen molar-refractivity contribution in [2.45, 2.75) is 26.5 Å². The van der Waals surface area contributed by atoms with Crippen LogP contribution in [0, 0.1) is 7.14 Å². The molecule has 3 N–H and O–H groups in total. The highest BCUT2D eigenvalue weighted by atomic mass is 127. The number of amides is 1. The number of nitrogens with one attached hydrogen (secondary N) is 3. The molecule has 10 nitrogen and oxygen atoms in total. The Morgan fingerprint density at radius 3 is 2.55 bits per heavy atom. The van der Waals surface area contributed by atoms with Crippen molar-refractivity contribution in [2.24, 2.45) is 5.10 Å². The number of carbonyl (C=O) groups excluding carboxylic acids is 2. The normalized spacial score (nSPS) is 14.5. The highest BCUT2D eigenvalue weighted by Crippen LogP contribution is 2.35. The minimum atomic E-state index is -0.624. The summed E-state index contributed by atoms with van der Waals surface area (Å²) in [5.41, 5.74) is 5.82. The largest absolute Gasteiger partial charge is 0.493 e. The summed E-state index contributed by atoms with van der Waals surface area (Å²) in [7, 11) is 1.57. The first-order valence-electron chi connectivity index (χ1n) is 13.4. The Morgan fingerprint density at radius 2 is 1.82 bits per heavy atom. The zero-order chi connectivity index (χ0) is 31.6. The van der Waals surface area contributed by atoms with Crippen molar-refractivity contribution in [3.63, 3.8) is 0 Å². The zero-order valence-electron chi connectivity index (χ0n) is 24.1. The fourth-order valence-electron chi connectivity index (χ4n) is 4.30. The first-order chi connectivity index (χ1) is 21.2. The number of ether oxygens (including phenoxy) is 4. The number of halogens is 2. The Bertz CT molecular complexity index is 1600. The summed E-state index contributed by atoms with van der Waals surface area (Å²) < 4.78 is 24.7. The van der Waals surface area contributed by atoms with Gasteiger partial charge in [-0.05, 0) is 113 Å². The molecule has 1 aliphatic rings. The van der Waals surface area contributed by atoms with E-state index in [1.54, 1.807) is 45.2 Å². The maximum absolute atomic E-state index is 12.8. The second-order valence-corrected chi connectivity index (χ2v) is 12.2. The second-order valence-electron chi connectivity index (χ2n) is 9.36. The summed E-state index contributed by atoms with van der Waals surface area (Å²) in [5.74, 6) is 0.633. The van der Waals surface area contributed by atoms with Gasteiger partial charge < -0.3 is 29.6 Å². The molecule has 3 aromatic carbocycles. The van der Waals surface area contributed by atoms with Gasteiger partial charge in [-0.1, -0.05) is 30.3 Å². The Balaban J connectivity index is 1.39. The van der Waals surface area contributed by atoms with Gasteiger partial charge in [0, 0.05) is 14.8 Å². The van der Waals surface area contributed by atoms with Gasteiger partial charge in [0.15, 0.2) is 23.2 Å². The molecular formula is C31H30I2N4O6S. The number of thiocarbonyl (C=S) groups is 1. The van der Waals surface area contributed by atoms with E-state index in [0.717, 1.165) is 12.7 Å². The van der Waals surface area contributed by atoms with Crippen LogP contribution in [0.15, 0.2) is 77.0 Å². The molecule has 0 unspecified atom stereocenters. The van der Waals surface area contributed by atoms with Crippen molar-refractivity contribution in [1.82, 2.24) is 16.1 Å². The molecule has 1 amide bonds. The predicted molar refractivity (Wildman–Crippen MR) is 188 cm³/mol. The van der Waals surface area contributed by atoms with Crippen LogP contribution < -0.4 is 30.3 Å². The first-order valence-corrected chi connectivity index (χ1v) is 16.0. The topological polar surface area (TPSA) is 120 Å². The van der Waals surface area contributed by atoms with Crippen LogP contribution in [0.1, 0.15) is 36.6 Å². The number of hydrogen-bond donors (Lipinski definition) is 3. The molecule has 4 rings (SSSR count). The molecular weight excluding hydrogens is 810 g/mol. The van der Waals surface area contributed by atoms with Crippen molar-refractivity contribution in [2.75, 3.05) is 20.3 Å². The molecule has 0 aromatic heterocycles. The number of para-hydroxylation sites is 1. The Morgan fingerprint density at radius 1 is 1.07 bits per heavy atom. The maximum atomic E-state index is 12.8. The van der Waals surface area contributed by atoms with Gasteiger partial charge in [-0.25, -0.2) is 10.2 Å². The molecule has 1 heterocycles. The SMILES string of the molecule is CCOC(=O)C1=C(C)NC(=S)N[C@@H]1c1ccccc1OCC(=O)NN=Cc1cc(I)c(OCc2ccc(I)cc2)c(OC)c1. The molecule has 0 saturated carbocycles. The molecule has 0 spiro atoms. The molecule has 0 radical (unpaired) electrons. The lowest BCUT2D eigenvalue weighted by Gasteiger charge is -2.30. The minimum Gasteiger partial charge on any atom is -0.493 e. The van der Waals surface area contributed by atoms with E-state index in [1.807, 2.05) is 36.4 Å². The highest BCUT2D eigenvalue weighted by Gasteiger charge is 2.32. The van der Waals surface area contributed by atoms with E-state index in [-0.39, 0.29) is 13.2 Å². The summed E-state index contributed by atoms with van der Waals surface area (Å²) in [5, 5.41) is 10.5. The summed E-state index contributed by atoms with van der Waals surface area (Å²) in [6, 6.07) is 18.2. The van der Waals surface area contributed by atoms with Gasteiger partial charge in [-0.2, -0.15) is 5.10 Å². The number of methoxy groups -OCH3 is 1. The lowest BCUT2D eigenvalue weighted by Crippen LogP contribution is -2.45. The molecule has 1 atom stereocenters. The summed E-state index contributed by atoms with van der Waals surface area (Å²) in [4.78, 5) is 25.4. The monoisotopic (exact) mass is 840 g/mol. The number of carbonyl (C=O) groups is 2. The highest BCUT2D eigenvalue weighted by molar-refractivity contribution is 14.1. The Labute approximate surface area is 288 Å². The van der Waals surface area contributed by atoms with E-state index in [1.165, 1.54) is 6.21 Å². The number of allylic oxidation sites excluding steroid dienone is 1. The van der Waals surface area contributed by atoms with E-state index in [4.69, 9.17) is 31.2 Å². The van der Waals surface area contributed by atoms with Crippen molar-refractivity contribution >= 4 is 80.6 Å². The third-order valence-electron chi connectivity index (χ3n) is 6.30. The molecule has 0 fully saturated rings. The molecule has 3 aromatic rings. The van der Waals surface area contributed by atoms with Gasteiger partial charge in [0.1, 0.15) is 12.4 Å². The van der Waals surface area contributed by atoms with Gasteiger partial charge >= 0.3 is 5.97 Å². The molecule has 1 aliphatic heterocycles. The zero-order valence-corrected chi connectivity index (χ0v) is 29.2. The molecule has 13 heteroatoms. The maximum Gasteiger partial charge on any atom is 0.338 e. The number of esters is 1. The standard InChI is InChI=1S/C31H30I2N4O6S/c1-4-41-30(39)27-18(2)35-31(44)36-28(27)22-7-5-6-8-24(22)42-17-26(38)37-34-15-20-13-23(33)29(25(14-20)40-3)43-16-19-9-11-21(32)12-10-19/h5-15,28H,4,16-17H2,1-3H3,(H,37,38)(H2,35,36,44)/t28-/m1/s1. The minimum absolute atomic E-state index is 0.225. The van der Waals surface area contributed by atoms with Crippen LogP contribution in [-0.2, 0) is 20.9 Å². The van der Waals surface area contributed by atoms with E-state index >= 15 is 0 Å². The van der Waals surface area contributed by atoms with Crippen LogP contribution in [0.5, 0.6) is 17.2 Å². The fourth-order valence-corrected chi connectivity index (χ4v) is 5.71. The second kappa shape index (κ2) is 16.0. The summed E-state index contributed by atoms with van der Waals surface area (Å²) >= 11 is 9.76. The van der Waals surface area contributed by atoms with E-state index in [9.17, 15) is 9.59 Å². The molecule has 44 heavy (non-hydrogen) atoms. The molecule has 230 valence electrons. The number of nitrogens with zero attached hydrogens (tertiary/aromatic N) is 1. The summed E-state index contributed by atoms with van der Waals surface area (Å²) in [6.45, 7) is 3.81. The fraction of sp³-hybridized carbons (Fsp3) is 0.226. The van der Waals surface area contributed by atoms with Crippen molar-refractivity contribution < 1.29 is 28.5 Å². The third kappa shape index (κ3) is 8.81. The Hall–Kier alpha value is -3.44. The Kier molecular flexibility index (Phi) is 12.2. The van der Waals surface area contributed by atoms with Gasteiger partial charge in [-0.15, -0.1) is 0 Å². The van der Waals surface area contributed by atoms with Gasteiger partial charge in [0.25, 0.3) is 5.91 Å². The van der Waals surface area contributed by atoms with E-state index in [2.05, 4.69) is 66.3 Å². The third-order valence-corrected chi connectivity index (χ3v) is 8.04. The molecule has 0 saturated heterocycles.